The van der Waals surface area contributed by atoms with Gasteiger partial charge in [0, 0.05) is 37.9 Å². The lowest BCUT2D eigenvalue weighted by molar-refractivity contribution is 0.0528. The maximum absolute atomic E-state index is 12.5. The van der Waals surface area contributed by atoms with E-state index in [1.807, 2.05) is 29.2 Å². The predicted molar refractivity (Wildman–Crippen MR) is 112 cm³/mol. The summed E-state index contributed by atoms with van der Waals surface area (Å²) in [5, 5.41) is 2.99. The molecule has 2 amide bonds. The second kappa shape index (κ2) is 8.65. The number of amides is 2. The van der Waals surface area contributed by atoms with Crippen LogP contribution in [0.4, 0.5) is 10.5 Å². The number of likely N-dealkylation sites (tertiary alicyclic amines) is 1. The van der Waals surface area contributed by atoms with E-state index in [2.05, 4.69) is 41.4 Å². The van der Waals surface area contributed by atoms with Crippen molar-refractivity contribution in [1.29, 1.82) is 0 Å². The fourth-order valence-electron chi connectivity index (χ4n) is 3.85. The molecule has 5 nitrogen and oxygen atoms in total. The van der Waals surface area contributed by atoms with E-state index in [0.717, 1.165) is 63.5 Å². The van der Waals surface area contributed by atoms with Gasteiger partial charge in [-0.05, 0) is 48.2 Å². The molecule has 2 aliphatic heterocycles. The van der Waals surface area contributed by atoms with Crippen molar-refractivity contribution in [2.75, 3.05) is 31.6 Å². The van der Waals surface area contributed by atoms with Gasteiger partial charge in [-0.2, -0.15) is 0 Å². The summed E-state index contributed by atoms with van der Waals surface area (Å²) in [6, 6.07) is 16.8. The third-order valence-electron chi connectivity index (χ3n) is 5.70. The van der Waals surface area contributed by atoms with Gasteiger partial charge in [-0.3, -0.25) is 4.90 Å². The number of hydrogen-bond donors (Lipinski definition) is 1. The zero-order chi connectivity index (χ0) is 19.3. The number of rotatable bonds is 6. The lowest BCUT2D eigenvalue weighted by Gasteiger charge is -2.46. The van der Waals surface area contributed by atoms with Crippen LogP contribution < -0.4 is 10.1 Å². The Morgan fingerprint density at radius 2 is 1.86 bits per heavy atom. The normalized spacial score (nSPS) is 17.0. The molecule has 0 unspecified atom stereocenters. The Kier molecular flexibility index (Phi) is 5.81. The van der Waals surface area contributed by atoms with E-state index >= 15 is 0 Å². The molecule has 2 aromatic carbocycles. The highest BCUT2D eigenvalue weighted by atomic mass is 16.5. The van der Waals surface area contributed by atoms with E-state index in [-0.39, 0.29) is 6.03 Å². The molecule has 28 heavy (non-hydrogen) atoms. The molecule has 2 aliphatic rings. The summed E-state index contributed by atoms with van der Waals surface area (Å²) >= 11 is 0. The van der Waals surface area contributed by atoms with Crippen molar-refractivity contribution in [3.8, 4) is 5.75 Å². The quantitative estimate of drug-likeness (QED) is 0.767. The average molecular weight is 380 g/mol. The zero-order valence-corrected chi connectivity index (χ0v) is 16.6. The minimum atomic E-state index is -0.0201. The van der Waals surface area contributed by atoms with E-state index in [1.165, 1.54) is 11.1 Å². The average Bonchev–Trinajstić information content (AvgIpc) is 2.68. The molecule has 1 saturated heterocycles. The highest BCUT2D eigenvalue weighted by Gasteiger charge is 2.35. The molecule has 1 fully saturated rings. The van der Waals surface area contributed by atoms with Crippen molar-refractivity contribution in [1.82, 2.24) is 9.80 Å². The largest absolute Gasteiger partial charge is 0.494 e. The van der Waals surface area contributed by atoms with Crippen LogP contribution in [-0.4, -0.2) is 48.1 Å². The van der Waals surface area contributed by atoms with Crippen molar-refractivity contribution in [3.05, 3.63) is 59.7 Å². The second-order valence-corrected chi connectivity index (χ2v) is 7.70. The smallest absolute Gasteiger partial charge is 0.321 e. The molecule has 2 heterocycles. The third-order valence-corrected chi connectivity index (χ3v) is 5.70. The van der Waals surface area contributed by atoms with Crippen LogP contribution >= 0.6 is 0 Å². The number of ether oxygens (including phenoxy) is 1. The lowest BCUT2D eigenvalue weighted by atomic mass is 9.97. The van der Waals surface area contributed by atoms with Gasteiger partial charge in [-0.1, -0.05) is 37.6 Å². The topological polar surface area (TPSA) is 44.8 Å². The first-order valence-electron chi connectivity index (χ1n) is 10.3. The summed E-state index contributed by atoms with van der Waals surface area (Å²) in [5.41, 5.74) is 3.70. The summed E-state index contributed by atoms with van der Waals surface area (Å²) in [6.45, 7) is 6.55. The van der Waals surface area contributed by atoms with E-state index < -0.39 is 0 Å². The van der Waals surface area contributed by atoms with Crippen molar-refractivity contribution >= 4 is 11.7 Å². The summed E-state index contributed by atoms with van der Waals surface area (Å²) in [4.78, 5) is 16.9. The number of benzene rings is 2. The van der Waals surface area contributed by atoms with Crippen LogP contribution in [-0.2, 0) is 13.0 Å². The van der Waals surface area contributed by atoms with Gasteiger partial charge in [-0.15, -0.1) is 0 Å². The first kappa shape index (κ1) is 18.8. The highest BCUT2D eigenvalue weighted by molar-refractivity contribution is 5.90. The maximum Gasteiger partial charge on any atom is 0.321 e. The Hall–Kier alpha value is -2.53. The lowest BCUT2D eigenvalue weighted by Crippen LogP contribution is -2.62. The molecule has 5 heteroatoms. The summed E-state index contributed by atoms with van der Waals surface area (Å²) < 4.78 is 5.66. The predicted octanol–water partition coefficient (Wildman–Crippen LogP) is 4.14. The van der Waals surface area contributed by atoms with Crippen LogP contribution in [0.5, 0.6) is 5.75 Å². The highest BCUT2D eigenvalue weighted by Crippen LogP contribution is 2.25. The molecule has 1 N–H and O–H groups in total. The molecule has 148 valence electrons. The van der Waals surface area contributed by atoms with Crippen LogP contribution in [0.1, 0.15) is 30.9 Å². The first-order valence-corrected chi connectivity index (χ1v) is 10.3. The van der Waals surface area contributed by atoms with Gasteiger partial charge >= 0.3 is 6.03 Å². The number of unbranched alkanes of at least 4 members (excludes halogenated alkanes) is 1. The minimum Gasteiger partial charge on any atom is -0.494 e. The van der Waals surface area contributed by atoms with Crippen LogP contribution in [0, 0.1) is 0 Å². The molecule has 0 saturated carbocycles. The fourth-order valence-corrected chi connectivity index (χ4v) is 3.85. The Labute approximate surface area is 167 Å². The molecular formula is C23H29N3O2. The minimum absolute atomic E-state index is 0.0201. The van der Waals surface area contributed by atoms with Crippen LogP contribution in [0.2, 0.25) is 0 Å². The number of anilines is 1. The summed E-state index contributed by atoms with van der Waals surface area (Å²) in [5.74, 6) is 0.848. The van der Waals surface area contributed by atoms with Gasteiger partial charge < -0.3 is 15.0 Å². The summed E-state index contributed by atoms with van der Waals surface area (Å²) in [6.07, 6.45) is 3.28. The van der Waals surface area contributed by atoms with Gasteiger partial charge in [0.1, 0.15) is 5.75 Å². The van der Waals surface area contributed by atoms with Gasteiger partial charge in [0.15, 0.2) is 0 Å². The Balaban J connectivity index is 1.23. The maximum atomic E-state index is 12.5. The van der Waals surface area contributed by atoms with Crippen LogP contribution in [0.15, 0.2) is 48.5 Å². The number of carbonyl (C=O) groups is 1. The first-order chi connectivity index (χ1) is 13.7. The molecule has 4 rings (SSSR count). The van der Waals surface area contributed by atoms with Gasteiger partial charge in [-0.25, -0.2) is 4.79 Å². The Bertz CT molecular complexity index is 800. The number of nitrogens with zero attached hydrogens (tertiary/aromatic N) is 2. The van der Waals surface area contributed by atoms with Crippen LogP contribution in [0.3, 0.4) is 0 Å². The number of nitrogens with one attached hydrogen (secondary N) is 1. The molecule has 0 spiro atoms. The Morgan fingerprint density at radius 1 is 1.11 bits per heavy atom. The Morgan fingerprint density at radius 3 is 2.61 bits per heavy atom. The molecule has 0 atom stereocenters. The van der Waals surface area contributed by atoms with Crippen molar-refractivity contribution in [2.45, 2.75) is 38.8 Å². The van der Waals surface area contributed by atoms with Crippen molar-refractivity contribution < 1.29 is 9.53 Å². The van der Waals surface area contributed by atoms with Crippen LogP contribution in [0.25, 0.3) is 0 Å². The van der Waals surface area contributed by atoms with Crippen molar-refractivity contribution in [2.24, 2.45) is 0 Å². The molecule has 0 bridgehead atoms. The monoisotopic (exact) mass is 379 g/mol. The number of carbonyl (C=O) groups excluding carboxylic acids is 1. The summed E-state index contributed by atoms with van der Waals surface area (Å²) in [7, 11) is 0. The van der Waals surface area contributed by atoms with E-state index in [9.17, 15) is 4.79 Å². The van der Waals surface area contributed by atoms with Gasteiger partial charge in [0.25, 0.3) is 0 Å². The number of fused-ring (bicyclic) bond motifs is 1. The SMILES string of the molecule is CCCCOc1ccc(NC(=O)N2CC(N3CCc4ccccc4C3)C2)cc1. The zero-order valence-electron chi connectivity index (χ0n) is 16.6. The van der Waals surface area contributed by atoms with Gasteiger partial charge in [0.2, 0.25) is 0 Å². The van der Waals surface area contributed by atoms with E-state index in [0.29, 0.717) is 6.04 Å². The van der Waals surface area contributed by atoms with Gasteiger partial charge in [0.05, 0.1) is 6.61 Å². The fraction of sp³-hybridized carbons (Fsp3) is 0.435. The number of hydrogen-bond acceptors (Lipinski definition) is 3. The van der Waals surface area contributed by atoms with E-state index in [4.69, 9.17) is 4.74 Å². The molecule has 2 aromatic rings. The number of urea groups is 1. The molecule has 0 aromatic heterocycles. The molecule has 0 aliphatic carbocycles. The molecular weight excluding hydrogens is 350 g/mol. The van der Waals surface area contributed by atoms with Crippen molar-refractivity contribution in [3.63, 3.8) is 0 Å². The standard InChI is InChI=1S/C23H29N3O2/c1-2-3-14-28-22-10-8-20(9-11-22)24-23(27)26-16-21(17-26)25-13-12-18-6-4-5-7-19(18)15-25/h4-11,21H,2-3,12-17H2,1H3,(H,24,27). The second-order valence-electron chi connectivity index (χ2n) is 7.70. The molecule has 0 radical (unpaired) electrons. The van der Waals surface area contributed by atoms with E-state index in [1.54, 1.807) is 0 Å². The third kappa shape index (κ3) is 4.30.